The molecule has 1 saturated carbocycles. The van der Waals surface area contributed by atoms with Crippen LogP contribution in [0.3, 0.4) is 0 Å². The van der Waals surface area contributed by atoms with Crippen LogP contribution >= 0.6 is 15.9 Å². The highest BCUT2D eigenvalue weighted by Crippen LogP contribution is 2.47. The third-order valence-corrected chi connectivity index (χ3v) is 6.01. The second kappa shape index (κ2) is 4.08. The zero-order chi connectivity index (χ0) is 13.0. The lowest BCUT2D eigenvalue weighted by molar-refractivity contribution is 0.250. The minimum atomic E-state index is 0.598. The molecule has 4 rings (SSSR count). The molecule has 0 amide bonds. The summed E-state index contributed by atoms with van der Waals surface area (Å²) in [6.07, 6.45) is 11.7. The molecule has 2 aliphatic rings. The first-order valence-corrected chi connectivity index (χ1v) is 8.12. The van der Waals surface area contributed by atoms with Crippen molar-refractivity contribution >= 4 is 21.6 Å². The molecular formula is C16H19BrN2. The van der Waals surface area contributed by atoms with E-state index in [2.05, 4.69) is 39.5 Å². The van der Waals surface area contributed by atoms with Crippen LogP contribution in [-0.2, 0) is 12.8 Å². The molecule has 2 nitrogen and oxygen atoms in total. The molecule has 100 valence electrons. The number of nitrogens with zero attached hydrogens (tertiary/aromatic N) is 2. The van der Waals surface area contributed by atoms with Gasteiger partial charge in [0.1, 0.15) is 5.65 Å². The summed E-state index contributed by atoms with van der Waals surface area (Å²) >= 11 is 3.66. The van der Waals surface area contributed by atoms with Crippen molar-refractivity contribution in [2.75, 3.05) is 0 Å². The van der Waals surface area contributed by atoms with Gasteiger partial charge in [-0.1, -0.05) is 12.8 Å². The molecule has 2 aromatic rings. The highest BCUT2D eigenvalue weighted by atomic mass is 79.9. The fraction of sp³-hybridized carbons (Fsp3) is 0.562. The van der Waals surface area contributed by atoms with Gasteiger partial charge in [0.05, 0.1) is 5.69 Å². The van der Waals surface area contributed by atoms with Crippen LogP contribution < -0.4 is 0 Å². The first-order chi connectivity index (χ1) is 9.17. The molecule has 1 fully saturated rings. The van der Waals surface area contributed by atoms with Gasteiger partial charge in [0, 0.05) is 16.4 Å². The Labute approximate surface area is 122 Å². The van der Waals surface area contributed by atoms with Gasteiger partial charge in [0.2, 0.25) is 0 Å². The second-order valence-electron chi connectivity index (χ2n) is 6.42. The quantitative estimate of drug-likeness (QED) is 0.701. The van der Waals surface area contributed by atoms with Gasteiger partial charge in [-0.05, 0) is 72.0 Å². The molecule has 0 unspecified atom stereocenters. The van der Waals surface area contributed by atoms with Crippen molar-refractivity contribution in [3.8, 4) is 0 Å². The van der Waals surface area contributed by atoms with E-state index in [4.69, 9.17) is 4.98 Å². The minimum Gasteiger partial charge on any atom is -0.303 e. The largest absolute Gasteiger partial charge is 0.303 e. The number of hydrogen-bond donors (Lipinski definition) is 0. The SMILES string of the molecule is Cc1cc2nc3c(n2cc1Br)CC1(CCCC1)CC3. The zero-order valence-corrected chi connectivity index (χ0v) is 13.0. The highest BCUT2D eigenvalue weighted by molar-refractivity contribution is 9.10. The summed E-state index contributed by atoms with van der Waals surface area (Å²) < 4.78 is 3.51. The van der Waals surface area contributed by atoms with Gasteiger partial charge < -0.3 is 4.40 Å². The normalized spacial score (nSPS) is 21.2. The van der Waals surface area contributed by atoms with E-state index in [9.17, 15) is 0 Å². The van der Waals surface area contributed by atoms with Crippen molar-refractivity contribution in [2.24, 2.45) is 5.41 Å². The van der Waals surface area contributed by atoms with Crippen LogP contribution in [0.1, 0.15) is 49.1 Å². The molecule has 1 spiro atoms. The minimum absolute atomic E-state index is 0.598. The molecule has 2 aliphatic carbocycles. The third-order valence-electron chi connectivity index (χ3n) is 5.18. The van der Waals surface area contributed by atoms with Crippen molar-refractivity contribution in [3.05, 3.63) is 33.7 Å². The van der Waals surface area contributed by atoms with E-state index < -0.39 is 0 Å². The zero-order valence-electron chi connectivity index (χ0n) is 11.4. The van der Waals surface area contributed by atoms with Gasteiger partial charge in [-0.15, -0.1) is 0 Å². The molecule has 2 aromatic heterocycles. The number of fused-ring (bicyclic) bond motifs is 3. The smallest absolute Gasteiger partial charge is 0.137 e. The van der Waals surface area contributed by atoms with Crippen LogP contribution in [0.15, 0.2) is 16.7 Å². The number of aromatic nitrogens is 2. The monoisotopic (exact) mass is 318 g/mol. The summed E-state index contributed by atoms with van der Waals surface area (Å²) in [4.78, 5) is 4.85. The van der Waals surface area contributed by atoms with Crippen LogP contribution in [0.4, 0.5) is 0 Å². The van der Waals surface area contributed by atoms with Crippen LogP contribution in [0.2, 0.25) is 0 Å². The van der Waals surface area contributed by atoms with E-state index in [1.807, 2.05) is 0 Å². The Bertz CT molecular complexity index is 650. The molecule has 2 heterocycles. The van der Waals surface area contributed by atoms with Crippen molar-refractivity contribution in [1.29, 1.82) is 0 Å². The predicted molar refractivity (Wildman–Crippen MR) is 80.6 cm³/mol. The fourth-order valence-electron chi connectivity index (χ4n) is 4.02. The molecule has 0 N–H and O–H groups in total. The maximum absolute atomic E-state index is 4.85. The third kappa shape index (κ3) is 1.78. The Morgan fingerprint density at radius 3 is 2.84 bits per heavy atom. The Morgan fingerprint density at radius 1 is 1.26 bits per heavy atom. The lowest BCUT2D eigenvalue weighted by Crippen LogP contribution is -2.26. The summed E-state index contributed by atoms with van der Waals surface area (Å²) in [5.74, 6) is 0. The number of pyridine rings is 1. The molecule has 19 heavy (non-hydrogen) atoms. The van der Waals surface area contributed by atoms with E-state index in [-0.39, 0.29) is 0 Å². The maximum Gasteiger partial charge on any atom is 0.137 e. The average molecular weight is 319 g/mol. The van der Waals surface area contributed by atoms with E-state index in [1.165, 1.54) is 66.4 Å². The standard InChI is InChI=1S/C16H19BrN2/c1-11-8-15-18-13-4-7-16(5-2-3-6-16)9-14(13)19(15)10-12(11)17/h8,10H,2-7,9H2,1H3. The lowest BCUT2D eigenvalue weighted by atomic mass is 9.73. The fourth-order valence-corrected chi connectivity index (χ4v) is 4.34. The van der Waals surface area contributed by atoms with Gasteiger partial charge in [-0.25, -0.2) is 4.98 Å². The van der Waals surface area contributed by atoms with Gasteiger partial charge in [-0.3, -0.25) is 0 Å². The molecule has 0 radical (unpaired) electrons. The molecule has 3 heteroatoms. The molecule has 0 aromatic carbocycles. The van der Waals surface area contributed by atoms with Crippen molar-refractivity contribution in [2.45, 2.75) is 51.9 Å². The van der Waals surface area contributed by atoms with Crippen LogP contribution in [0, 0.1) is 12.3 Å². The molecule has 0 saturated heterocycles. The second-order valence-corrected chi connectivity index (χ2v) is 7.28. The van der Waals surface area contributed by atoms with Gasteiger partial charge >= 0.3 is 0 Å². The van der Waals surface area contributed by atoms with E-state index in [1.54, 1.807) is 0 Å². The number of hydrogen-bond acceptors (Lipinski definition) is 1. The summed E-state index contributed by atoms with van der Waals surface area (Å²) in [5, 5.41) is 0. The van der Waals surface area contributed by atoms with Crippen LogP contribution in [-0.4, -0.2) is 9.38 Å². The average Bonchev–Trinajstić information content (AvgIpc) is 2.97. The van der Waals surface area contributed by atoms with Crippen LogP contribution in [0.5, 0.6) is 0 Å². The summed E-state index contributed by atoms with van der Waals surface area (Å²) in [7, 11) is 0. The predicted octanol–water partition coefficient (Wildman–Crippen LogP) is 4.45. The summed E-state index contributed by atoms with van der Waals surface area (Å²) in [5.41, 5.74) is 5.81. The molecule has 0 bridgehead atoms. The Morgan fingerprint density at radius 2 is 2.05 bits per heavy atom. The molecular weight excluding hydrogens is 300 g/mol. The number of imidazole rings is 1. The van der Waals surface area contributed by atoms with Crippen LogP contribution in [0.25, 0.3) is 5.65 Å². The number of halogens is 1. The first-order valence-electron chi connectivity index (χ1n) is 7.33. The van der Waals surface area contributed by atoms with Gasteiger partial charge in [0.15, 0.2) is 0 Å². The van der Waals surface area contributed by atoms with Crippen molar-refractivity contribution < 1.29 is 0 Å². The first kappa shape index (κ1) is 12.0. The highest BCUT2D eigenvalue weighted by Gasteiger charge is 2.38. The topological polar surface area (TPSA) is 17.3 Å². The van der Waals surface area contributed by atoms with Crippen molar-refractivity contribution in [1.82, 2.24) is 9.38 Å². The number of rotatable bonds is 0. The van der Waals surface area contributed by atoms with Crippen molar-refractivity contribution in [3.63, 3.8) is 0 Å². The molecule has 0 aliphatic heterocycles. The van der Waals surface area contributed by atoms with E-state index in [0.717, 1.165) is 5.65 Å². The number of aryl methyl sites for hydroxylation is 2. The van der Waals surface area contributed by atoms with E-state index >= 15 is 0 Å². The summed E-state index contributed by atoms with van der Waals surface area (Å²) in [6, 6.07) is 2.20. The maximum atomic E-state index is 4.85. The Balaban J connectivity index is 1.87. The summed E-state index contributed by atoms with van der Waals surface area (Å²) in [6.45, 7) is 2.14. The van der Waals surface area contributed by atoms with E-state index in [0.29, 0.717) is 5.41 Å². The van der Waals surface area contributed by atoms with Gasteiger partial charge in [0.25, 0.3) is 0 Å². The Kier molecular flexibility index (Phi) is 2.57. The lowest BCUT2D eigenvalue weighted by Gasteiger charge is -2.32. The Hall–Kier alpha value is -0.830. The van der Waals surface area contributed by atoms with Gasteiger partial charge in [-0.2, -0.15) is 0 Å². The molecule has 0 atom stereocenters.